The number of halogens is 1. The van der Waals surface area contributed by atoms with Crippen LogP contribution >= 0.6 is 11.6 Å². The fourth-order valence-corrected chi connectivity index (χ4v) is 1.82. The first kappa shape index (κ1) is 13.6. The molecule has 0 atom stereocenters. The van der Waals surface area contributed by atoms with Gasteiger partial charge in [0.1, 0.15) is 0 Å². The third-order valence-corrected chi connectivity index (χ3v) is 2.90. The van der Waals surface area contributed by atoms with E-state index in [1.165, 1.54) is 0 Å². The summed E-state index contributed by atoms with van der Waals surface area (Å²) in [5, 5.41) is 7.17. The fraction of sp³-hybridized carbons (Fsp3) is 0.286. The molecule has 100 valence electrons. The van der Waals surface area contributed by atoms with E-state index in [0.717, 1.165) is 18.4 Å². The summed E-state index contributed by atoms with van der Waals surface area (Å²) < 4.78 is 5.16. The van der Waals surface area contributed by atoms with E-state index in [4.69, 9.17) is 16.1 Å². The molecule has 0 aliphatic carbocycles. The first-order valence-corrected chi connectivity index (χ1v) is 6.59. The molecule has 19 heavy (non-hydrogen) atoms. The second kappa shape index (κ2) is 6.38. The van der Waals surface area contributed by atoms with Crippen LogP contribution in [-0.2, 0) is 0 Å². The Balaban J connectivity index is 2.08. The van der Waals surface area contributed by atoms with E-state index >= 15 is 0 Å². The summed E-state index contributed by atoms with van der Waals surface area (Å²) in [6.07, 6.45) is 1.98. The van der Waals surface area contributed by atoms with Gasteiger partial charge in [0.15, 0.2) is 11.5 Å². The van der Waals surface area contributed by atoms with Gasteiger partial charge in [0, 0.05) is 23.2 Å². The SMILES string of the molecule is CCCCNC(=O)c1cc(-c2cccc(Cl)c2)on1. The molecule has 2 aromatic rings. The Morgan fingerprint density at radius 3 is 3.00 bits per heavy atom. The highest BCUT2D eigenvalue weighted by Crippen LogP contribution is 2.23. The molecule has 1 heterocycles. The maximum Gasteiger partial charge on any atom is 0.273 e. The topological polar surface area (TPSA) is 55.1 Å². The van der Waals surface area contributed by atoms with E-state index in [1.54, 1.807) is 18.2 Å². The zero-order chi connectivity index (χ0) is 13.7. The number of rotatable bonds is 5. The van der Waals surface area contributed by atoms with Gasteiger partial charge in [-0.1, -0.05) is 42.2 Å². The van der Waals surface area contributed by atoms with Crippen molar-refractivity contribution in [2.45, 2.75) is 19.8 Å². The molecule has 0 bridgehead atoms. The van der Waals surface area contributed by atoms with Crippen molar-refractivity contribution in [3.05, 3.63) is 41.0 Å². The average Bonchev–Trinajstić information content (AvgIpc) is 2.88. The van der Waals surface area contributed by atoms with Gasteiger partial charge in [0.2, 0.25) is 0 Å². The number of hydrogen-bond donors (Lipinski definition) is 1. The van der Waals surface area contributed by atoms with Gasteiger partial charge in [-0.05, 0) is 18.6 Å². The van der Waals surface area contributed by atoms with Gasteiger partial charge in [0.05, 0.1) is 0 Å². The number of aromatic nitrogens is 1. The number of nitrogens with one attached hydrogen (secondary N) is 1. The number of amides is 1. The zero-order valence-electron chi connectivity index (χ0n) is 10.6. The highest BCUT2D eigenvalue weighted by Gasteiger charge is 2.13. The number of carbonyl (C=O) groups is 1. The Kier molecular flexibility index (Phi) is 4.58. The molecule has 0 aliphatic heterocycles. The van der Waals surface area contributed by atoms with Crippen molar-refractivity contribution in [3.63, 3.8) is 0 Å². The third-order valence-electron chi connectivity index (χ3n) is 2.67. The van der Waals surface area contributed by atoms with Crippen molar-refractivity contribution in [2.75, 3.05) is 6.54 Å². The van der Waals surface area contributed by atoms with Crippen LogP contribution in [0.3, 0.4) is 0 Å². The number of carbonyl (C=O) groups excluding carboxylic acids is 1. The lowest BCUT2D eigenvalue weighted by atomic mass is 10.1. The Morgan fingerprint density at radius 2 is 2.26 bits per heavy atom. The molecule has 2 rings (SSSR count). The average molecular weight is 279 g/mol. The molecule has 1 amide bonds. The van der Waals surface area contributed by atoms with Crippen molar-refractivity contribution in [2.24, 2.45) is 0 Å². The number of benzene rings is 1. The van der Waals surface area contributed by atoms with Gasteiger partial charge in [0.25, 0.3) is 5.91 Å². The minimum Gasteiger partial charge on any atom is -0.355 e. The molecule has 0 aliphatic rings. The maximum absolute atomic E-state index is 11.8. The quantitative estimate of drug-likeness (QED) is 0.851. The van der Waals surface area contributed by atoms with Crippen LogP contribution in [0, 0.1) is 0 Å². The molecule has 4 nitrogen and oxygen atoms in total. The van der Waals surface area contributed by atoms with Crippen molar-refractivity contribution in [3.8, 4) is 11.3 Å². The first-order valence-electron chi connectivity index (χ1n) is 6.21. The summed E-state index contributed by atoms with van der Waals surface area (Å²) >= 11 is 5.91. The molecular formula is C14H15ClN2O2. The minimum atomic E-state index is -0.217. The number of unbranched alkanes of at least 4 members (excludes halogenated alkanes) is 1. The fourth-order valence-electron chi connectivity index (χ4n) is 1.63. The second-order valence-corrected chi connectivity index (χ2v) is 4.63. The Labute approximate surface area is 116 Å². The first-order chi connectivity index (χ1) is 9.20. The van der Waals surface area contributed by atoms with Crippen molar-refractivity contribution < 1.29 is 9.32 Å². The van der Waals surface area contributed by atoms with Crippen LogP contribution in [0.4, 0.5) is 0 Å². The molecule has 0 saturated heterocycles. The van der Waals surface area contributed by atoms with Crippen LogP contribution < -0.4 is 5.32 Å². The standard InChI is InChI=1S/C14H15ClN2O2/c1-2-3-7-16-14(18)12-9-13(19-17-12)10-5-4-6-11(15)8-10/h4-6,8-9H,2-3,7H2,1H3,(H,16,18). The largest absolute Gasteiger partial charge is 0.355 e. The van der Waals surface area contributed by atoms with Gasteiger partial charge in [-0.15, -0.1) is 0 Å². The lowest BCUT2D eigenvalue weighted by Gasteiger charge is -1.99. The second-order valence-electron chi connectivity index (χ2n) is 4.20. The van der Waals surface area contributed by atoms with Gasteiger partial charge in [-0.25, -0.2) is 0 Å². The normalized spacial score (nSPS) is 10.4. The molecule has 0 fully saturated rings. The molecule has 0 radical (unpaired) electrons. The third kappa shape index (κ3) is 3.58. The summed E-state index contributed by atoms with van der Waals surface area (Å²) in [6.45, 7) is 2.72. The summed E-state index contributed by atoms with van der Waals surface area (Å²) in [5.41, 5.74) is 1.08. The Bertz CT molecular complexity index is 566. The van der Waals surface area contributed by atoms with E-state index in [1.807, 2.05) is 12.1 Å². The summed E-state index contributed by atoms with van der Waals surface area (Å²) in [6, 6.07) is 8.83. The van der Waals surface area contributed by atoms with Gasteiger partial charge in [-0.2, -0.15) is 0 Å². The summed E-state index contributed by atoms with van der Waals surface area (Å²) in [4.78, 5) is 11.8. The molecule has 0 unspecified atom stereocenters. The van der Waals surface area contributed by atoms with Crippen molar-refractivity contribution in [1.82, 2.24) is 10.5 Å². The summed E-state index contributed by atoms with van der Waals surface area (Å²) in [5.74, 6) is 0.314. The monoisotopic (exact) mass is 278 g/mol. The molecule has 1 aromatic carbocycles. The van der Waals surface area contributed by atoms with E-state index in [0.29, 0.717) is 17.3 Å². The predicted octanol–water partition coefficient (Wildman–Crippen LogP) is 3.52. The number of hydrogen-bond acceptors (Lipinski definition) is 3. The van der Waals surface area contributed by atoms with Gasteiger partial charge >= 0.3 is 0 Å². The smallest absolute Gasteiger partial charge is 0.273 e. The van der Waals surface area contributed by atoms with Crippen LogP contribution in [0.5, 0.6) is 0 Å². The van der Waals surface area contributed by atoms with E-state index in [9.17, 15) is 4.79 Å². The molecule has 0 saturated carbocycles. The highest BCUT2D eigenvalue weighted by atomic mass is 35.5. The molecular weight excluding hydrogens is 264 g/mol. The lowest BCUT2D eigenvalue weighted by molar-refractivity contribution is 0.0944. The number of nitrogens with zero attached hydrogens (tertiary/aromatic N) is 1. The van der Waals surface area contributed by atoms with Crippen LogP contribution in [0.2, 0.25) is 5.02 Å². The molecule has 1 N–H and O–H groups in total. The lowest BCUT2D eigenvalue weighted by Crippen LogP contribution is -2.24. The summed E-state index contributed by atoms with van der Waals surface area (Å²) in [7, 11) is 0. The Hall–Kier alpha value is -1.81. The van der Waals surface area contributed by atoms with Crippen LogP contribution in [0.1, 0.15) is 30.3 Å². The Morgan fingerprint density at radius 1 is 1.42 bits per heavy atom. The van der Waals surface area contributed by atoms with Crippen LogP contribution in [0.15, 0.2) is 34.9 Å². The van der Waals surface area contributed by atoms with E-state index in [2.05, 4.69) is 17.4 Å². The van der Waals surface area contributed by atoms with Crippen LogP contribution in [-0.4, -0.2) is 17.6 Å². The zero-order valence-corrected chi connectivity index (χ0v) is 11.4. The predicted molar refractivity (Wildman–Crippen MR) is 74.2 cm³/mol. The van der Waals surface area contributed by atoms with Crippen molar-refractivity contribution in [1.29, 1.82) is 0 Å². The van der Waals surface area contributed by atoms with Crippen molar-refractivity contribution >= 4 is 17.5 Å². The minimum absolute atomic E-state index is 0.217. The molecule has 5 heteroatoms. The van der Waals surface area contributed by atoms with Gasteiger partial charge < -0.3 is 9.84 Å². The molecule has 0 spiro atoms. The van der Waals surface area contributed by atoms with Gasteiger partial charge in [-0.3, -0.25) is 4.79 Å². The molecule has 1 aromatic heterocycles. The van der Waals surface area contributed by atoms with Crippen LogP contribution in [0.25, 0.3) is 11.3 Å². The van der Waals surface area contributed by atoms with E-state index in [-0.39, 0.29) is 11.6 Å². The maximum atomic E-state index is 11.8. The highest BCUT2D eigenvalue weighted by molar-refractivity contribution is 6.30. The van der Waals surface area contributed by atoms with E-state index < -0.39 is 0 Å².